The molecule has 0 fully saturated rings. The summed E-state index contributed by atoms with van der Waals surface area (Å²) in [5, 5.41) is 6.02. The van der Waals surface area contributed by atoms with Crippen molar-refractivity contribution in [1.82, 2.24) is 19.5 Å². The molecule has 84 valence electrons. The highest BCUT2D eigenvalue weighted by Crippen LogP contribution is 2.18. The molecular weight excluding hydrogens is 220 g/mol. The summed E-state index contributed by atoms with van der Waals surface area (Å²) in [7, 11) is 2.08. The Hall–Kier alpha value is -1.33. The van der Waals surface area contributed by atoms with Crippen molar-refractivity contribution in [2.24, 2.45) is 0 Å². The van der Waals surface area contributed by atoms with Gasteiger partial charge in [0.1, 0.15) is 0 Å². The summed E-state index contributed by atoms with van der Waals surface area (Å²) < 4.78 is 3.86. The summed E-state index contributed by atoms with van der Waals surface area (Å²) in [5.74, 6) is 0. The van der Waals surface area contributed by atoms with Gasteiger partial charge in [0.05, 0.1) is 5.69 Å². The van der Waals surface area contributed by atoms with Crippen LogP contribution in [-0.4, -0.2) is 26.5 Å². The van der Waals surface area contributed by atoms with Crippen LogP contribution >= 0.6 is 11.5 Å². The van der Waals surface area contributed by atoms with Gasteiger partial charge < -0.3 is 0 Å². The molecule has 2 rings (SSSR count). The van der Waals surface area contributed by atoms with E-state index in [-0.39, 0.29) is 0 Å². The average molecular weight is 234 g/mol. The minimum atomic E-state index is 0.329. The molecule has 1 atom stereocenters. The highest BCUT2D eigenvalue weighted by Gasteiger charge is 2.12. The Morgan fingerprint density at radius 1 is 1.50 bits per heavy atom. The fourth-order valence-corrected chi connectivity index (χ4v) is 1.97. The van der Waals surface area contributed by atoms with E-state index in [4.69, 9.17) is 0 Å². The van der Waals surface area contributed by atoms with Crippen LogP contribution in [0, 0.1) is 0 Å². The Kier molecular flexibility index (Phi) is 3.58. The molecule has 0 unspecified atom stereocenters. The normalized spacial score (nSPS) is 12.9. The van der Waals surface area contributed by atoms with Gasteiger partial charge in [-0.3, -0.25) is 9.88 Å². The minimum absolute atomic E-state index is 0.329. The Bertz CT molecular complexity index is 415. The minimum Gasteiger partial charge on any atom is -0.294 e. The third-order valence-corrected chi connectivity index (χ3v) is 3.20. The van der Waals surface area contributed by atoms with Gasteiger partial charge >= 0.3 is 0 Å². The van der Waals surface area contributed by atoms with Crippen molar-refractivity contribution in [2.75, 3.05) is 7.05 Å². The second kappa shape index (κ2) is 5.14. The molecule has 16 heavy (non-hydrogen) atoms. The van der Waals surface area contributed by atoms with Crippen LogP contribution in [0.2, 0.25) is 0 Å². The molecular formula is C11H14N4S. The zero-order chi connectivity index (χ0) is 11.4. The number of pyridine rings is 1. The summed E-state index contributed by atoms with van der Waals surface area (Å²) in [5.41, 5.74) is 2.23. The molecule has 0 saturated carbocycles. The first-order valence-electron chi connectivity index (χ1n) is 5.13. The van der Waals surface area contributed by atoms with Crippen molar-refractivity contribution in [3.05, 3.63) is 41.2 Å². The van der Waals surface area contributed by atoms with Gasteiger partial charge in [0.2, 0.25) is 0 Å². The van der Waals surface area contributed by atoms with Gasteiger partial charge in [0.25, 0.3) is 0 Å². The van der Waals surface area contributed by atoms with E-state index in [1.54, 1.807) is 6.20 Å². The maximum atomic E-state index is 4.13. The van der Waals surface area contributed by atoms with Gasteiger partial charge in [-0.2, -0.15) is 0 Å². The summed E-state index contributed by atoms with van der Waals surface area (Å²) in [6.07, 6.45) is 3.70. The standard InChI is InChI=1S/C11H14N4S/c1-9(10-4-3-5-12-6-10)15(2)7-11-8-16-14-13-11/h3-6,8-9H,7H2,1-2H3/t9-/m1/s1. The molecule has 0 aliphatic rings. The molecule has 4 nitrogen and oxygen atoms in total. The number of aromatic nitrogens is 3. The predicted molar refractivity (Wildman–Crippen MR) is 64.0 cm³/mol. The first-order chi connectivity index (χ1) is 7.77. The Labute approximate surface area is 99.1 Å². The Morgan fingerprint density at radius 3 is 3.00 bits per heavy atom. The van der Waals surface area contributed by atoms with Gasteiger partial charge in [0, 0.05) is 30.4 Å². The van der Waals surface area contributed by atoms with E-state index in [9.17, 15) is 0 Å². The van der Waals surface area contributed by atoms with Gasteiger partial charge in [-0.05, 0) is 37.1 Å². The fourth-order valence-electron chi connectivity index (χ4n) is 1.52. The van der Waals surface area contributed by atoms with Gasteiger partial charge in [0.15, 0.2) is 0 Å². The third kappa shape index (κ3) is 2.62. The molecule has 0 saturated heterocycles. The summed E-state index contributed by atoms with van der Waals surface area (Å²) in [6.45, 7) is 2.98. The van der Waals surface area contributed by atoms with Gasteiger partial charge in [-0.1, -0.05) is 10.6 Å². The Morgan fingerprint density at radius 2 is 2.38 bits per heavy atom. The number of hydrogen-bond acceptors (Lipinski definition) is 5. The molecule has 0 aromatic carbocycles. The van der Waals surface area contributed by atoms with E-state index in [1.807, 2.05) is 17.6 Å². The highest BCUT2D eigenvalue weighted by atomic mass is 32.1. The van der Waals surface area contributed by atoms with Crippen LogP contribution in [0.3, 0.4) is 0 Å². The van der Waals surface area contributed by atoms with E-state index >= 15 is 0 Å². The lowest BCUT2D eigenvalue weighted by molar-refractivity contribution is 0.249. The fraction of sp³-hybridized carbons (Fsp3) is 0.364. The zero-order valence-corrected chi connectivity index (χ0v) is 10.2. The molecule has 2 aromatic heterocycles. The second-order valence-electron chi connectivity index (χ2n) is 3.77. The van der Waals surface area contributed by atoms with E-state index in [1.165, 1.54) is 17.1 Å². The maximum Gasteiger partial charge on any atom is 0.0895 e. The quantitative estimate of drug-likeness (QED) is 0.812. The molecule has 0 bridgehead atoms. The lowest BCUT2D eigenvalue weighted by Gasteiger charge is -2.23. The molecule has 5 heteroatoms. The van der Waals surface area contributed by atoms with Crippen molar-refractivity contribution >= 4 is 11.5 Å². The van der Waals surface area contributed by atoms with Crippen LogP contribution < -0.4 is 0 Å². The number of nitrogens with zero attached hydrogens (tertiary/aromatic N) is 4. The van der Waals surface area contributed by atoms with Crippen LogP contribution in [0.1, 0.15) is 24.2 Å². The van der Waals surface area contributed by atoms with Crippen molar-refractivity contribution in [3.63, 3.8) is 0 Å². The smallest absolute Gasteiger partial charge is 0.0895 e. The monoisotopic (exact) mass is 234 g/mol. The van der Waals surface area contributed by atoms with Crippen LogP contribution in [0.4, 0.5) is 0 Å². The van der Waals surface area contributed by atoms with Gasteiger partial charge in [-0.15, -0.1) is 5.10 Å². The molecule has 0 amide bonds. The van der Waals surface area contributed by atoms with Crippen LogP contribution in [0.25, 0.3) is 0 Å². The molecule has 2 heterocycles. The summed E-state index contributed by atoms with van der Waals surface area (Å²) in [4.78, 5) is 6.36. The highest BCUT2D eigenvalue weighted by molar-refractivity contribution is 7.03. The second-order valence-corrected chi connectivity index (χ2v) is 4.38. The molecule has 0 aliphatic carbocycles. The topological polar surface area (TPSA) is 41.9 Å². The van der Waals surface area contributed by atoms with E-state index in [0.29, 0.717) is 6.04 Å². The van der Waals surface area contributed by atoms with Crippen molar-refractivity contribution in [3.8, 4) is 0 Å². The first-order valence-corrected chi connectivity index (χ1v) is 5.97. The van der Waals surface area contributed by atoms with Crippen molar-refractivity contribution < 1.29 is 0 Å². The van der Waals surface area contributed by atoms with Crippen molar-refractivity contribution in [2.45, 2.75) is 19.5 Å². The first kappa shape index (κ1) is 11.2. The van der Waals surface area contributed by atoms with Crippen LogP contribution in [-0.2, 0) is 6.54 Å². The number of hydrogen-bond donors (Lipinski definition) is 0. The SMILES string of the molecule is C[C@H](c1cccnc1)N(C)Cc1csnn1. The predicted octanol–water partition coefficient (Wildman–Crippen LogP) is 2.13. The van der Waals surface area contributed by atoms with E-state index < -0.39 is 0 Å². The maximum absolute atomic E-state index is 4.13. The van der Waals surface area contributed by atoms with Crippen LogP contribution in [0.5, 0.6) is 0 Å². The van der Waals surface area contributed by atoms with E-state index in [0.717, 1.165) is 12.2 Å². The molecule has 0 spiro atoms. The lowest BCUT2D eigenvalue weighted by atomic mass is 10.1. The lowest BCUT2D eigenvalue weighted by Crippen LogP contribution is -2.22. The zero-order valence-electron chi connectivity index (χ0n) is 9.37. The van der Waals surface area contributed by atoms with Gasteiger partial charge in [-0.25, -0.2) is 0 Å². The molecule has 2 aromatic rings. The molecule has 0 aliphatic heterocycles. The largest absolute Gasteiger partial charge is 0.294 e. The number of rotatable bonds is 4. The molecule has 0 N–H and O–H groups in total. The Balaban J connectivity index is 2.02. The molecule has 0 radical (unpaired) electrons. The average Bonchev–Trinajstić information content (AvgIpc) is 2.82. The van der Waals surface area contributed by atoms with Crippen molar-refractivity contribution in [1.29, 1.82) is 0 Å². The van der Waals surface area contributed by atoms with Crippen LogP contribution in [0.15, 0.2) is 29.9 Å². The van der Waals surface area contributed by atoms with E-state index in [2.05, 4.69) is 39.5 Å². The summed E-state index contributed by atoms with van der Waals surface area (Å²) >= 11 is 1.39. The third-order valence-electron chi connectivity index (χ3n) is 2.64. The summed E-state index contributed by atoms with van der Waals surface area (Å²) in [6, 6.07) is 4.38.